The van der Waals surface area contributed by atoms with Crippen molar-refractivity contribution in [3.8, 4) is 11.4 Å². The lowest BCUT2D eigenvalue weighted by Gasteiger charge is -2.01. The number of halogens is 2. The smallest absolute Gasteiger partial charge is 0.234 e. The molecule has 0 aliphatic carbocycles. The van der Waals surface area contributed by atoms with E-state index in [9.17, 15) is 13.6 Å². The quantitative estimate of drug-likeness (QED) is 0.688. The van der Waals surface area contributed by atoms with Crippen LogP contribution in [0.3, 0.4) is 0 Å². The summed E-state index contributed by atoms with van der Waals surface area (Å²) in [4.78, 5) is 16.2. The Labute approximate surface area is 130 Å². The van der Waals surface area contributed by atoms with Crippen molar-refractivity contribution in [1.82, 2.24) is 10.1 Å². The minimum Gasteiger partial charge on any atom is -0.338 e. The molecule has 0 saturated carbocycles. The van der Waals surface area contributed by atoms with Gasteiger partial charge in [-0.15, -0.1) is 0 Å². The lowest BCUT2D eigenvalue weighted by atomic mass is 10.0. The van der Waals surface area contributed by atoms with Gasteiger partial charge in [-0.1, -0.05) is 29.4 Å². The van der Waals surface area contributed by atoms with Crippen molar-refractivity contribution in [2.24, 2.45) is 0 Å². The van der Waals surface area contributed by atoms with Gasteiger partial charge >= 0.3 is 0 Å². The lowest BCUT2D eigenvalue weighted by molar-refractivity contribution is 0.0982. The third-order valence-electron chi connectivity index (χ3n) is 3.39. The van der Waals surface area contributed by atoms with Gasteiger partial charge in [0.1, 0.15) is 11.6 Å². The van der Waals surface area contributed by atoms with Crippen molar-refractivity contribution in [2.75, 3.05) is 0 Å². The molecule has 6 heteroatoms. The Morgan fingerprint density at radius 3 is 2.74 bits per heavy atom. The maximum atomic E-state index is 13.7. The average Bonchev–Trinajstić information content (AvgIpc) is 2.98. The number of aromatic nitrogens is 2. The van der Waals surface area contributed by atoms with Crippen LogP contribution in [0.5, 0.6) is 0 Å². The second kappa shape index (κ2) is 6.08. The molecule has 0 N–H and O–H groups in total. The molecule has 0 fully saturated rings. The molecule has 0 radical (unpaired) electrons. The highest BCUT2D eigenvalue weighted by molar-refractivity contribution is 5.98. The highest BCUT2D eigenvalue weighted by Crippen LogP contribution is 2.21. The monoisotopic (exact) mass is 314 g/mol. The third kappa shape index (κ3) is 3.15. The number of hydrogen-bond donors (Lipinski definition) is 0. The summed E-state index contributed by atoms with van der Waals surface area (Å²) in [7, 11) is 0. The largest absolute Gasteiger partial charge is 0.338 e. The zero-order valence-electron chi connectivity index (χ0n) is 12.2. The lowest BCUT2D eigenvalue weighted by Crippen LogP contribution is -2.05. The molecule has 3 aromatic rings. The summed E-state index contributed by atoms with van der Waals surface area (Å²) in [5, 5.41) is 3.61. The Morgan fingerprint density at radius 2 is 1.96 bits per heavy atom. The molecule has 1 heterocycles. The van der Waals surface area contributed by atoms with Crippen LogP contribution in [0.4, 0.5) is 8.78 Å². The van der Waals surface area contributed by atoms with Crippen molar-refractivity contribution < 1.29 is 18.1 Å². The second-order valence-corrected chi connectivity index (χ2v) is 5.05. The molecule has 0 aliphatic heterocycles. The molecule has 0 bridgehead atoms. The van der Waals surface area contributed by atoms with E-state index in [-0.39, 0.29) is 29.5 Å². The van der Waals surface area contributed by atoms with Crippen LogP contribution >= 0.6 is 0 Å². The van der Waals surface area contributed by atoms with Gasteiger partial charge in [-0.2, -0.15) is 4.98 Å². The number of benzene rings is 2. The SMILES string of the molecule is Cc1ccccc1C(=O)Cc1nc(-c2cc(F)ccc2F)no1. The Morgan fingerprint density at radius 1 is 1.17 bits per heavy atom. The molecule has 4 nitrogen and oxygen atoms in total. The van der Waals surface area contributed by atoms with Crippen LogP contribution in [0, 0.1) is 18.6 Å². The Bertz CT molecular complexity index is 875. The maximum absolute atomic E-state index is 13.7. The van der Waals surface area contributed by atoms with Crippen LogP contribution in [-0.2, 0) is 6.42 Å². The van der Waals surface area contributed by atoms with Gasteiger partial charge in [0, 0.05) is 5.56 Å². The average molecular weight is 314 g/mol. The van der Waals surface area contributed by atoms with Crippen LogP contribution in [0.15, 0.2) is 47.0 Å². The number of nitrogens with zero attached hydrogens (tertiary/aromatic N) is 2. The van der Waals surface area contributed by atoms with Crippen LogP contribution < -0.4 is 0 Å². The van der Waals surface area contributed by atoms with Gasteiger partial charge in [0.05, 0.1) is 12.0 Å². The molecular formula is C17H12F2N2O2. The zero-order valence-corrected chi connectivity index (χ0v) is 12.2. The summed E-state index contributed by atoms with van der Waals surface area (Å²) in [6.45, 7) is 1.83. The highest BCUT2D eigenvalue weighted by Gasteiger charge is 2.17. The number of ketones is 1. The first-order valence-electron chi connectivity index (χ1n) is 6.91. The van der Waals surface area contributed by atoms with Crippen LogP contribution in [0.1, 0.15) is 21.8 Å². The van der Waals surface area contributed by atoms with Crippen LogP contribution in [0.2, 0.25) is 0 Å². The number of carbonyl (C=O) groups excluding carboxylic acids is 1. The summed E-state index contributed by atoms with van der Waals surface area (Å²) in [5.74, 6) is -1.49. The van der Waals surface area contributed by atoms with Crippen LogP contribution in [-0.4, -0.2) is 15.9 Å². The summed E-state index contributed by atoms with van der Waals surface area (Å²) in [6.07, 6.45) is -0.102. The predicted molar refractivity (Wildman–Crippen MR) is 78.9 cm³/mol. The fourth-order valence-electron chi connectivity index (χ4n) is 2.22. The van der Waals surface area contributed by atoms with Gasteiger partial charge in [-0.05, 0) is 30.7 Å². The summed E-state index contributed by atoms with van der Waals surface area (Å²) >= 11 is 0. The molecule has 1 aromatic heterocycles. The van der Waals surface area contributed by atoms with E-state index in [0.29, 0.717) is 5.56 Å². The van der Waals surface area contributed by atoms with Gasteiger partial charge < -0.3 is 4.52 Å². The Hall–Kier alpha value is -2.89. The van der Waals surface area contributed by atoms with Gasteiger partial charge in [0.25, 0.3) is 0 Å². The molecule has 0 spiro atoms. The van der Waals surface area contributed by atoms with Crippen molar-refractivity contribution in [1.29, 1.82) is 0 Å². The normalized spacial score (nSPS) is 10.7. The standard InChI is InChI=1S/C17H12F2N2O2/c1-10-4-2-3-5-12(10)15(22)9-16-20-17(21-23-16)13-8-11(18)6-7-14(13)19/h2-8H,9H2,1H3. The molecule has 0 saturated heterocycles. The summed E-state index contributed by atoms with van der Waals surface area (Å²) in [6, 6.07) is 10.1. The number of carbonyl (C=O) groups is 1. The number of hydrogen-bond acceptors (Lipinski definition) is 4. The Kier molecular flexibility index (Phi) is 3.97. The van der Waals surface area contributed by atoms with Crippen molar-refractivity contribution >= 4 is 5.78 Å². The molecule has 0 atom stereocenters. The molecule has 23 heavy (non-hydrogen) atoms. The first-order chi connectivity index (χ1) is 11.0. The van der Waals surface area contributed by atoms with E-state index in [1.54, 1.807) is 12.1 Å². The second-order valence-electron chi connectivity index (χ2n) is 5.05. The number of aryl methyl sites for hydroxylation is 1. The number of rotatable bonds is 4. The summed E-state index contributed by atoms with van der Waals surface area (Å²) < 4.78 is 31.9. The molecule has 3 rings (SSSR count). The molecule has 2 aromatic carbocycles. The van der Waals surface area contributed by atoms with Gasteiger partial charge in [-0.25, -0.2) is 8.78 Å². The third-order valence-corrected chi connectivity index (χ3v) is 3.39. The maximum Gasteiger partial charge on any atom is 0.234 e. The minimum absolute atomic E-state index is 0.0527. The first-order valence-corrected chi connectivity index (χ1v) is 6.91. The fourth-order valence-corrected chi connectivity index (χ4v) is 2.22. The van der Waals surface area contributed by atoms with Crippen LogP contribution in [0.25, 0.3) is 11.4 Å². The molecule has 116 valence electrons. The fraction of sp³-hybridized carbons (Fsp3) is 0.118. The number of Topliss-reactive ketones (excluding diaryl/α,β-unsaturated/α-hetero) is 1. The molecule has 0 unspecified atom stereocenters. The van der Waals surface area contributed by atoms with E-state index in [1.165, 1.54) is 0 Å². The van der Waals surface area contributed by atoms with Crippen molar-refractivity contribution in [2.45, 2.75) is 13.3 Å². The van der Waals surface area contributed by atoms with E-state index < -0.39 is 11.6 Å². The Balaban J connectivity index is 1.84. The van der Waals surface area contributed by atoms with E-state index >= 15 is 0 Å². The van der Waals surface area contributed by atoms with E-state index in [4.69, 9.17) is 4.52 Å². The van der Waals surface area contributed by atoms with Gasteiger partial charge in [-0.3, -0.25) is 4.79 Å². The van der Waals surface area contributed by atoms with Crippen molar-refractivity contribution in [3.05, 3.63) is 71.1 Å². The van der Waals surface area contributed by atoms with Crippen molar-refractivity contribution in [3.63, 3.8) is 0 Å². The highest BCUT2D eigenvalue weighted by atomic mass is 19.1. The summed E-state index contributed by atoms with van der Waals surface area (Å²) in [5.41, 5.74) is 1.29. The molecule has 0 aliphatic rings. The predicted octanol–water partition coefficient (Wildman–Crippen LogP) is 3.75. The first kappa shape index (κ1) is 15.0. The topological polar surface area (TPSA) is 56.0 Å². The van der Waals surface area contributed by atoms with E-state index in [2.05, 4.69) is 10.1 Å². The molecule has 0 amide bonds. The van der Waals surface area contributed by atoms with E-state index in [1.807, 2.05) is 19.1 Å². The molecular weight excluding hydrogens is 302 g/mol. The van der Waals surface area contributed by atoms with Gasteiger partial charge in [0.2, 0.25) is 11.7 Å². The van der Waals surface area contributed by atoms with E-state index in [0.717, 1.165) is 23.8 Å². The minimum atomic E-state index is -0.663. The zero-order chi connectivity index (χ0) is 16.4. The van der Waals surface area contributed by atoms with Gasteiger partial charge in [0.15, 0.2) is 5.78 Å².